The van der Waals surface area contributed by atoms with Crippen molar-refractivity contribution in [2.75, 3.05) is 6.61 Å². The number of carbonyl (C=O) groups is 2. The van der Waals surface area contributed by atoms with Gasteiger partial charge in [-0.1, -0.05) is 32.0 Å². The summed E-state index contributed by atoms with van der Waals surface area (Å²) in [6.07, 6.45) is -0.0910. The summed E-state index contributed by atoms with van der Waals surface area (Å²) >= 11 is 0. The van der Waals surface area contributed by atoms with Crippen LogP contribution >= 0.6 is 0 Å². The van der Waals surface area contributed by atoms with Crippen LogP contribution in [0.1, 0.15) is 37.7 Å². The maximum atomic E-state index is 12.7. The Balaban J connectivity index is 1.93. The van der Waals surface area contributed by atoms with Crippen molar-refractivity contribution in [3.63, 3.8) is 0 Å². The molecule has 1 amide bonds. The van der Waals surface area contributed by atoms with Crippen molar-refractivity contribution in [3.05, 3.63) is 46.4 Å². The van der Waals surface area contributed by atoms with Gasteiger partial charge in [0.25, 0.3) is 11.5 Å². The van der Waals surface area contributed by atoms with Crippen molar-refractivity contribution in [3.8, 4) is 0 Å². The first-order valence-electron chi connectivity index (χ1n) is 8.52. The summed E-state index contributed by atoms with van der Waals surface area (Å²) in [7, 11) is 0. The number of H-pyrrole nitrogens is 1. The van der Waals surface area contributed by atoms with Gasteiger partial charge in [0.05, 0.1) is 6.10 Å². The predicted octanol–water partition coefficient (Wildman–Crippen LogP) is 1.92. The number of aromatic amines is 1. The third-order valence-electron chi connectivity index (χ3n) is 5.45. The van der Waals surface area contributed by atoms with E-state index in [-0.39, 0.29) is 18.2 Å². The highest BCUT2D eigenvalue weighted by atomic mass is 16.5. The fourth-order valence-corrected chi connectivity index (χ4v) is 3.63. The van der Waals surface area contributed by atoms with Gasteiger partial charge in [0.1, 0.15) is 11.2 Å². The van der Waals surface area contributed by atoms with E-state index in [9.17, 15) is 19.5 Å². The fraction of sp³-hybridized carbons (Fsp3) is 0.421. The Morgan fingerprint density at radius 2 is 2.04 bits per heavy atom. The number of rotatable bonds is 5. The third-order valence-corrected chi connectivity index (χ3v) is 5.45. The predicted molar refractivity (Wildman–Crippen MR) is 96.2 cm³/mol. The molecule has 0 aliphatic heterocycles. The van der Waals surface area contributed by atoms with Gasteiger partial charge in [0.15, 0.2) is 0 Å². The summed E-state index contributed by atoms with van der Waals surface area (Å²) in [6, 6.07) is 8.45. The van der Waals surface area contributed by atoms with Gasteiger partial charge in [-0.15, -0.1) is 0 Å². The second kappa shape index (κ2) is 6.25. The lowest BCUT2D eigenvalue weighted by Crippen LogP contribution is -2.76. The summed E-state index contributed by atoms with van der Waals surface area (Å²) in [6.45, 7) is 5.83. The minimum Gasteiger partial charge on any atom is -0.479 e. The summed E-state index contributed by atoms with van der Waals surface area (Å²) in [5.74, 6) is -1.74. The second-order valence-electron chi connectivity index (χ2n) is 7.13. The smallest absolute Gasteiger partial charge is 0.330 e. The van der Waals surface area contributed by atoms with Crippen LogP contribution in [0.15, 0.2) is 35.1 Å². The number of aliphatic carboxylic acids is 1. The maximum absolute atomic E-state index is 12.7. The van der Waals surface area contributed by atoms with E-state index >= 15 is 0 Å². The molecule has 0 spiro atoms. The molecule has 3 rings (SSSR count). The minimum atomic E-state index is -1.45. The van der Waals surface area contributed by atoms with Gasteiger partial charge in [-0.25, -0.2) is 4.79 Å². The van der Waals surface area contributed by atoms with E-state index in [1.54, 1.807) is 44.2 Å². The molecule has 1 heterocycles. The Hall–Kier alpha value is -2.67. The number of carboxylic acids is 1. The minimum absolute atomic E-state index is 0.0324. The Morgan fingerprint density at radius 3 is 2.65 bits per heavy atom. The number of benzene rings is 1. The Labute approximate surface area is 150 Å². The SMILES string of the molecule is CCOC1CC(NC(=O)c2cc3ccccc3c(=O)[nH]2)(C(=O)O)C1(C)C. The highest BCUT2D eigenvalue weighted by molar-refractivity contribution is 5.99. The van der Waals surface area contributed by atoms with Crippen LogP contribution in [0.4, 0.5) is 0 Å². The number of amides is 1. The number of nitrogens with one attached hydrogen (secondary N) is 2. The molecule has 0 radical (unpaired) electrons. The first-order valence-corrected chi connectivity index (χ1v) is 8.52. The molecular formula is C19H22N2O5. The van der Waals surface area contributed by atoms with Crippen molar-refractivity contribution in [2.45, 2.75) is 38.8 Å². The van der Waals surface area contributed by atoms with E-state index in [1.807, 2.05) is 6.92 Å². The van der Waals surface area contributed by atoms with Crippen molar-refractivity contribution in [2.24, 2.45) is 5.41 Å². The van der Waals surface area contributed by atoms with Gasteiger partial charge >= 0.3 is 5.97 Å². The monoisotopic (exact) mass is 358 g/mol. The molecule has 138 valence electrons. The molecule has 1 aromatic heterocycles. The molecular weight excluding hydrogens is 336 g/mol. The number of carbonyl (C=O) groups excluding carboxylic acids is 1. The number of aromatic nitrogens is 1. The maximum Gasteiger partial charge on any atom is 0.330 e. The molecule has 1 saturated carbocycles. The Bertz CT molecular complexity index is 933. The van der Waals surface area contributed by atoms with Crippen LogP contribution in [0.3, 0.4) is 0 Å². The number of hydrogen-bond acceptors (Lipinski definition) is 4. The summed E-state index contributed by atoms with van der Waals surface area (Å²) in [4.78, 5) is 39.4. The van der Waals surface area contributed by atoms with E-state index in [0.29, 0.717) is 17.4 Å². The van der Waals surface area contributed by atoms with Crippen LogP contribution in [0.2, 0.25) is 0 Å². The van der Waals surface area contributed by atoms with Crippen LogP contribution in [0.5, 0.6) is 0 Å². The van der Waals surface area contributed by atoms with Crippen molar-refractivity contribution >= 4 is 22.6 Å². The van der Waals surface area contributed by atoms with Crippen LogP contribution in [-0.4, -0.2) is 40.2 Å². The van der Waals surface area contributed by atoms with Crippen molar-refractivity contribution in [1.82, 2.24) is 10.3 Å². The average molecular weight is 358 g/mol. The summed E-state index contributed by atoms with van der Waals surface area (Å²) in [5.41, 5.74) is -2.60. The van der Waals surface area contributed by atoms with E-state index in [2.05, 4.69) is 10.3 Å². The number of pyridine rings is 1. The standard InChI is InChI=1S/C19H22N2O5/c1-4-26-14-10-19(17(24)25,18(14,2)3)21-16(23)13-9-11-7-5-6-8-12(11)15(22)20-13/h5-9,14H,4,10H2,1-3H3,(H,20,22)(H,21,23)(H,24,25). The molecule has 0 saturated heterocycles. The average Bonchev–Trinajstić information content (AvgIpc) is 2.60. The molecule has 1 fully saturated rings. The quantitative estimate of drug-likeness (QED) is 0.757. The number of hydrogen-bond donors (Lipinski definition) is 3. The lowest BCUT2D eigenvalue weighted by Gasteiger charge is -2.58. The van der Waals surface area contributed by atoms with Crippen molar-refractivity contribution in [1.29, 1.82) is 0 Å². The highest BCUT2D eigenvalue weighted by Crippen LogP contribution is 2.51. The Kier molecular flexibility index (Phi) is 4.36. The number of carboxylic acid groups (broad SMARTS) is 1. The molecule has 2 aromatic rings. The van der Waals surface area contributed by atoms with Crippen LogP contribution < -0.4 is 10.9 Å². The zero-order valence-corrected chi connectivity index (χ0v) is 15.0. The lowest BCUT2D eigenvalue weighted by molar-refractivity contribution is -0.190. The molecule has 1 aromatic carbocycles. The number of ether oxygens (including phenoxy) is 1. The van der Waals surface area contributed by atoms with Crippen LogP contribution in [-0.2, 0) is 9.53 Å². The van der Waals surface area contributed by atoms with E-state index in [0.717, 1.165) is 0 Å². The van der Waals surface area contributed by atoms with Gasteiger partial charge in [-0.05, 0) is 24.4 Å². The normalized spacial score (nSPS) is 24.0. The molecule has 2 atom stereocenters. The van der Waals surface area contributed by atoms with E-state index in [1.165, 1.54) is 0 Å². The summed E-state index contributed by atoms with van der Waals surface area (Å²) in [5, 5.41) is 13.5. The molecule has 7 nitrogen and oxygen atoms in total. The zero-order valence-electron chi connectivity index (χ0n) is 15.0. The Morgan fingerprint density at radius 1 is 1.35 bits per heavy atom. The lowest BCUT2D eigenvalue weighted by atomic mass is 9.54. The van der Waals surface area contributed by atoms with E-state index < -0.39 is 28.4 Å². The first kappa shape index (κ1) is 18.1. The second-order valence-corrected chi connectivity index (χ2v) is 7.13. The molecule has 1 aliphatic rings. The molecule has 2 unspecified atom stereocenters. The third kappa shape index (κ3) is 2.59. The summed E-state index contributed by atoms with van der Waals surface area (Å²) < 4.78 is 5.59. The topological polar surface area (TPSA) is 108 Å². The largest absolute Gasteiger partial charge is 0.479 e. The molecule has 1 aliphatic carbocycles. The van der Waals surface area contributed by atoms with Gasteiger partial charge in [0.2, 0.25) is 0 Å². The van der Waals surface area contributed by atoms with Crippen LogP contribution in [0, 0.1) is 5.41 Å². The van der Waals surface area contributed by atoms with Crippen molar-refractivity contribution < 1.29 is 19.4 Å². The van der Waals surface area contributed by atoms with Gasteiger partial charge in [0, 0.05) is 23.8 Å². The van der Waals surface area contributed by atoms with Gasteiger partial charge in [-0.2, -0.15) is 0 Å². The first-order chi connectivity index (χ1) is 12.2. The van der Waals surface area contributed by atoms with Gasteiger partial charge < -0.3 is 20.1 Å². The fourth-order valence-electron chi connectivity index (χ4n) is 3.63. The highest BCUT2D eigenvalue weighted by Gasteiger charge is 2.66. The van der Waals surface area contributed by atoms with E-state index in [4.69, 9.17) is 4.74 Å². The molecule has 7 heteroatoms. The van der Waals surface area contributed by atoms with Crippen LogP contribution in [0.25, 0.3) is 10.8 Å². The zero-order chi connectivity index (χ0) is 19.1. The van der Waals surface area contributed by atoms with Gasteiger partial charge in [-0.3, -0.25) is 9.59 Å². The molecule has 26 heavy (non-hydrogen) atoms. The molecule has 3 N–H and O–H groups in total. The number of fused-ring (bicyclic) bond motifs is 1. The molecule has 0 bridgehead atoms.